The zero-order valence-corrected chi connectivity index (χ0v) is 13.1. The van der Waals surface area contributed by atoms with Crippen LogP contribution in [0.5, 0.6) is 0 Å². The molecule has 0 amide bonds. The second kappa shape index (κ2) is 5.38. The maximum atomic E-state index is 10.4. The second-order valence-corrected chi connectivity index (χ2v) is 6.17. The molecule has 6 heteroatoms. The Morgan fingerprint density at radius 1 is 1.39 bits per heavy atom. The van der Waals surface area contributed by atoms with E-state index in [0.717, 1.165) is 30.5 Å². The molecule has 1 saturated heterocycles. The summed E-state index contributed by atoms with van der Waals surface area (Å²) in [5.74, 6) is 1.19. The van der Waals surface area contributed by atoms with Gasteiger partial charge in [-0.15, -0.1) is 0 Å². The molecule has 0 saturated carbocycles. The average Bonchev–Trinajstić information content (AvgIpc) is 3.22. The van der Waals surface area contributed by atoms with E-state index in [2.05, 4.69) is 4.98 Å². The quantitative estimate of drug-likeness (QED) is 0.912. The number of hydrogen-bond donors (Lipinski definition) is 2. The van der Waals surface area contributed by atoms with Crippen molar-refractivity contribution in [2.75, 3.05) is 19.7 Å². The van der Waals surface area contributed by atoms with Crippen molar-refractivity contribution >= 4 is 22.4 Å². The Bertz CT molecular complexity index is 802. The molecular formula is C17H20N4O2. The predicted molar refractivity (Wildman–Crippen MR) is 88.5 cm³/mol. The van der Waals surface area contributed by atoms with E-state index in [1.165, 1.54) is 0 Å². The van der Waals surface area contributed by atoms with Gasteiger partial charge < -0.3 is 19.3 Å². The first-order valence-corrected chi connectivity index (χ1v) is 7.94. The lowest BCUT2D eigenvalue weighted by atomic mass is 10.2. The number of aryl methyl sites for hydroxylation is 1. The zero-order valence-electron chi connectivity index (χ0n) is 13.1. The first kappa shape index (κ1) is 14.3. The first-order valence-electron chi connectivity index (χ1n) is 7.94. The molecule has 0 spiro atoms. The van der Waals surface area contributed by atoms with Gasteiger partial charge in [0.1, 0.15) is 17.4 Å². The van der Waals surface area contributed by atoms with Gasteiger partial charge in [-0.3, -0.25) is 5.41 Å². The Morgan fingerprint density at radius 3 is 2.96 bits per heavy atom. The molecule has 3 heterocycles. The summed E-state index contributed by atoms with van der Waals surface area (Å²) in [6.45, 7) is 1.80. The number of rotatable bonds is 3. The van der Waals surface area contributed by atoms with Crippen LogP contribution in [-0.4, -0.2) is 51.2 Å². The molecule has 0 bridgehead atoms. The molecule has 0 aliphatic carbocycles. The van der Waals surface area contributed by atoms with Gasteiger partial charge in [0.15, 0.2) is 0 Å². The molecule has 1 fully saturated rings. The minimum Gasteiger partial charge on any atom is -0.510 e. The molecule has 1 aromatic carbocycles. The first-order chi connectivity index (χ1) is 11.1. The van der Waals surface area contributed by atoms with E-state index < -0.39 is 0 Å². The largest absolute Gasteiger partial charge is 0.510 e. The van der Waals surface area contributed by atoms with Crippen LogP contribution < -0.4 is 0 Å². The summed E-state index contributed by atoms with van der Waals surface area (Å²) >= 11 is 0. The number of amidine groups is 1. The van der Waals surface area contributed by atoms with Gasteiger partial charge >= 0.3 is 0 Å². The highest BCUT2D eigenvalue weighted by Crippen LogP contribution is 2.29. The van der Waals surface area contributed by atoms with E-state index >= 15 is 0 Å². The standard InChI is InChI=1S/C17H20N4O2/c1-20-13-7-3-2-6-12(13)19-17(20)15-14(22)10-21(16(15)18)9-11-5-4-8-23-11/h2-3,6-7,11,18,22H,4-5,8-10H2,1H3/t11-/m1/s1. The number of fused-ring (bicyclic) bond motifs is 1. The van der Waals surface area contributed by atoms with Crippen molar-refractivity contribution in [1.82, 2.24) is 14.5 Å². The maximum Gasteiger partial charge on any atom is 0.148 e. The van der Waals surface area contributed by atoms with E-state index in [4.69, 9.17) is 10.1 Å². The van der Waals surface area contributed by atoms with Crippen LogP contribution in [0.2, 0.25) is 0 Å². The minimum atomic E-state index is 0.156. The summed E-state index contributed by atoms with van der Waals surface area (Å²) in [5.41, 5.74) is 2.39. The lowest BCUT2D eigenvalue weighted by Crippen LogP contribution is -2.34. The molecule has 2 aliphatic rings. The van der Waals surface area contributed by atoms with E-state index in [-0.39, 0.29) is 11.9 Å². The van der Waals surface area contributed by atoms with Crippen molar-refractivity contribution in [3.05, 3.63) is 35.8 Å². The topological polar surface area (TPSA) is 74.4 Å². The summed E-state index contributed by atoms with van der Waals surface area (Å²) in [7, 11) is 1.92. The van der Waals surface area contributed by atoms with Crippen LogP contribution in [0.1, 0.15) is 18.7 Å². The van der Waals surface area contributed by atoms with Crippen LogP contribution in [0.25, 0.3) is 16.6 Å². The summed E-state index contributed by atoms with van der Waals surface area (Å²) < 4.78 is 7.59. The van der Waals surface area contributed by atoms with Crippen molar-refractivity contribution in [1.29, 1.82) is 5.41 Å². The molecule has 2 aromatic rings. The van der Waals surface area contributed by atoms with Crippen LogP contribution in [0.3, 0.4) is 0 Å². The van der Waals surface area contributed by atoms with Crippen molar-refractivity contribution in [3.8, 4) is 0 Å². The van der Waals surface area contributed by atoms with Gasteiger partial charge in [0.05, 0.1) is 29.3 Å². The number of imidazole rings is 1. The Balaban J connectivity index is 1.66. The van der Waals surface area contributed by atoms with Gasteiger partial charge in [-0.25, -0.2) is 4.98 Å². The maximum absolute atomic E-state index is 10.4. The number of para-hydroxylation sites is 2. The number of aromatic nitrogens is 2. The number of nitrogens with one attached hydrogen (secondary N) is 1. The van der Waals surface area contributed by atoms with Gasteiger partial charge in [-0.05, 0) is 25.0 Å². The van der Waals surface area contributed by atoms with Gasteiger partial charge in [-0.2, -0.15) is 0 Å². The molecule has 0 radical (unpaired) electrons. The number of ether oxygens (including phenoxy) is 1. The molecule has 2 aliphatic heterocycles. The highest BCUT2D eigenvalue weighted by Gasteiger charge is 2.33. The van der Waals surface area contributed by atoms with Gasteiger partial charge in [0, 0.05) is 20.2 Å². The third-order valence-electron chi connectivity index (χ3n) is 4.64. The van der Waals surface area contributed by atoms with Crippen molar-refractivity contribution in [3.63, 3.8) is 0 Å². The Labute approximate surface area is 134 Å². The number of nitrogens with zero attached hydrogens (tertiary/aromatic N) is 3. The third-order valence-corrected chi connectivity index (χ3v) is 4.64. The predicted octanol–water partition coefficient (Wildman–Crippen LogP) is 2.31. The van der Waals surface area contributed by atoms with E-state index in [0.29, 0.717) is 30.3 Å². The third kappa shape index (κ3) is 2.30. The highest BCUT2D eigenvalue weighted by atomic mass is 16.5. The molecule has 1 aromatic heterocycles. The van der Waals surface area contributed by atoms with E-state index in [1.54, 1.807) is 0 Å². The molecule has 23 heavy (non-hydrogen) atoms. The lowest BCUT2D eigenvalue weighted by molar-refractivity contribution is 0.0924. The lowest BCUT2D eigenvalue weighted by Gasteiger charge is -2.22. The Hall–Kier alpha value is -2.34. The molecule has 120 valence electrons. The summed E-state index contributed by atoms with van der Waals surface area (Å²) in [4.78, 5) is 6.48. The Morgan fingerprint density at radius 2 is 2.22 bits per heavy atom. The average molecular weight is 312 g/mol. The van der Waals surface area contributed by atoms with Gasteiger partial charge in [0.25, 0.3) is 0 Å². The number of aliphatic hydroxyl groups is 1. The number of benzene rings is 1. The van der Waals surface area contributed by atoms with E-state index in [1.807, 2.05) is 40.8 Å². The fraction of sp³-hybridized carbons (Fsp3) is 0.412. The van der Waals surface area contributed by atoms with Crippen LogP contribution in [0.4, 0.5) is 0 Å². The van der Waals surface area contributed by atoms with Gasteiger partial charge in [0.2, 0.25) is 0 Å². The van der Waals surface area contributed by atoms with Crippen molar-refractivity contribution < 1.29 is 9.84 Å². The zero-order chi connectivity index (χ0) is 16.0. The van der Waals surface area contributed by atoms with Crippen LogP contribution >= 0.6 is 0 Å². The monoisotopic (exact) mass is 312 g/mol. The molecule has 0 unspecified atom stereocenters. The fourth-order valence-electron chi connectivity index (χ4n) is 3.43. The Kier molecular flexibility index (Phi) is 3.34. The van der Waals surface area contributed by atoms with Crippen LogP contribution in [0.15, 0.2) is 30.0 Å². The fourth-order valence-corrected chi connectivity index (χ4v) is 3.43. The summed E-state index contributed by atoms with van der Waals surface area (Å²) in [6.07, 6.45) is 2.25. The molecule has 1 atom stereocenters. The smallest absolute Gasteiger partial charge is 0.148 e. The highest BCUT2D eigenvalue weighted by molar-refractivity contribution is 6.23. The van der Waals surface area contributed by atoms with E-state index in [9.17, 15) is 5.11 Å². The summed E-state index contributed by atoms with van der Waals surface area (Å²) in [6, 6.07) is 7.84. The minimum absolute atomic E-state index is 0.156. The number of aliphatic hydroxyl groups excluding tert-OH is 1. The van der Waals surface area contributed by atoms with Crippen molar-refractivity contribution in [2.45, 2.75) is 18.9 Å². The molecule has 4 rings (SSSR count). The summed E-state index contributed by atoms with van der Waals surface area (Å²) in [5, 5.41) is 18.9. The van der Waals surface area contributed by atoms with Crippen LogP contribution in [0, 0.1) is 5.41 Å². The molecule has 6 nitrogen and oxygen atoms in total. The molecular weight excluding hydrogens is 292 g/mol. The number of hydrogen-bond acceptors (Lipinski definition) is 4. The van der Waals surface area contributed by atoms with Crippen molar-refractivity contribution in [2.24, 2.45) is 7.05 Å². The van der Waals surface area contributed by atoms with Gasteiger partial charge in [-0.1, -0.05) is 12.1 Å². The second-order valence-electron chi connectivity index (χ2n) is 6.17. The van der Waals surface area contributed by atoms with Crippen LogP contribution in [-0.2, 0) is 11.8 Å². The normalized spacial score (nSPS) is 21.9. The molecule has 2 N–H and O–H groups in total. The SMILES string of the molecule is Cn1c(C2=C(O)CN(C[C@H]3CCCO3)C2=N)nc2ccccc21.